The lowest BCUT2D eigenvalue weighted by molar-refractivity contribution is -0.306. The van der Waals surface area contributed by atoms with Gasteiger partial charge in [0.25, 0.3) is 0 Å². The second-order valence-corrected chi connectivity index (χ2v) is 4.08. The monoisotopic (exact) mass is 198 g/mol. The number of likely N-dealkylation sites (N-methyl/N-ethyl adjacent to an activating group) is 1. The number of carbonyl (C=O) groups excluding carboxylic acids is 1. The van der Waals surface area contributed by atoms with Crippen LogP contribution in [0.2, 0.25) is 0 Å². The lowest BCUT2D eigenvalue weighted by Crippen LogP contribution is -2.43. The standard InChI is InChI=1S/C11H21NO2/c1-2-12(9-11(13)14)10-7-5-3-4-6-8-10/h10H,2-9H2,1H3,(H,13,14)/p-1. The van der Waals surface area contributed by atoms with Crippen molar-refractivity contribution in [2.75, 3.05) is 13.1 Å². The lowest BCUT2D eigenvalue weighted by Gasteiger charge is -2.30. The highest BCUT2D eigenvalue weighted by molar-refractivity contribution is 5.66. The van der Waals surface area contributed by atoms with Gasteiger partial charge in [0.1, 0.15) is 0 Å². The Morgan fingerprint density at radius 1 is 1.29 bits per heavy atom. The minimum absolute atomic E-state index is 0.0984. The van der Waals surface area contributed by atoms with E-state index >= 15 is 0 Å². The predicted molar refractivity (Wildman–Crippen MR) is 53.7 cm³/mol. The van der Waals surface area contributed by atoms with E-state index in [0.29, 0.717) is 6.04 Å². The van der Waals surface area contributed by atoms with Crippen LogP contribution in [0.3, 0.4) is 0 Å². The summed E-state index contributed by atoms with van der Waals surface area (Å²) in [5.41, 5.74) is 0. The molecule has 1 saturated carbocycles. The minimum Gasteiger partial charge on any atom is -0.549 e. The Bertz CT molecular complexity index is 174. The molecule has 3 nitrogen and oxygen atoms in total. The molecule has 0 amide bonds. The summed E-state index contributed by atoms with van der Waals surface area (Å²) in [6.45, 7) is 2.94. The largest absolute Gasteiger partial charge is 0.549 e. The fourth-order valence-electron chi connectivity index (χ4n) is 2.29. The van der Waals surface area contributed by atoms with Gasteiger partial charge in [-0.15, -0.1) is 0 Å². The molecule has 14 heavy (non-hydrogen) atoms. The van der Waals surface area contributed by atoms with Gasteiger partial charge in [-0.1, -0.05) is 32.6 Å². The summed E-state index contributed by atoms with van der Waals surface area (Å²) in [5, 5.41) is 10.5. The quantitative estimate of drug-likeness (QED) is 0.627. The first-order valence-corrected chi connectivity index (χ1v) is 5.68. The zero-order valence-electron chi connectivity index (χ0n) is 9.00. The van der Waals surface area contributed by atoms with Crippen molar-refractivity contribution in [1.29, 1.82) is 0 Å². The average molecular weight is 198 g/mol. The number of hydrogen-bond acceptors (Lipinski definition) is 3. The molecule has 0 aromatic rings. The van der Waals surface area contributed by atoms with Crippen molar-refractivity contribution in [2.24, 2.45) is 0 Å². The van der Waals surface area contributed by atoms with E-state index in [-0.39, 0.29) is 6.54 Å². The molecular weight excluding hydrogens is 178 g/mol. The minimum atomic E-state index is -0.948. The van der Waals surface area contributed by atoms with E-state index in [1.165, 1.54) is 25.7 Å². The van der Waals surface area contributed by atoms with Crippen molar-refractivity contribution < 1.29 is 9.90 Å². The molecule has 1 rings (SSSR count). The zero-order chi connectivity index (χ0) is 10.4. The summed E-state index contributed by atoms with van der Waals surface area (Å²) in [7, 11) is 0. The molecule has 0 heterocycles. The van der Waals surface area contributed by atoms with Gasteiger partial charge < -0.3 is 9.90 Å². The number of nitrogens with zero attached hydrogens (tertiary/aromatic N) is 1. The molecule has 1 fully saturated rings. The lowest BCUT2D eigenvalue weighted by atomic mass is 10.1. The van der Waals surface area contributed by atoms with Gasteiger partial charge in [-0.3, -0.25) is 4.90 Å². The van der Waals surface area contributed by atoms with Crippen LogP contribution in [-0.2, 0) is 4.79 Å². The van der Waals surface area contributed by atoms with Crippen molar-refractivity contribution in [2.45, 2.75) is 51.5 Å². The van der Waals surface area contributed by atoms with Crippen LogP contribution in [0.4, 0.5) is 0 Å². The number of rotatable bonds is 4. The van der Waals surface area contributed by atoms with Gasteiger partial charge in [-0.05, 0) is 19.4 Å². The Kier molecular flexibility index (Phi) is 4.94. The zero-order valence-corrected chi connectivity index (χ0v) is 9.00. The van der Waals surface area contributed by atoms with E-state index in [2.05, 4.69) is 0 Å². The van der Waals surface area contributed by atoms with Crippen LogP contribution in [-0.4, -0.2) is 30.0 Å². The summed E-state index contributed by atoms with van der Waals surface area (Å²) in [6, 6.07) is 0.473. The van der Waals surface area contributed by atoms with Crippen molar-refractivity contribution in [3.63, 3.8) is 0 Å². The van der Waals surface area contributed by atoms with Crippen LogP contribution < -0.4 is 5.11 Å². The number of carboxylic acids is 1. The number of aliphatic carboxylic acids is 1. The highest BCUT2D eigenvalue weighted by atomic mass is 16.4. The van der Waals surface area contributed by atoms with Crippen LogP contribution in [0.15, 0.2) is 0 Å². The smallest absolute Gasteiger partial charge is 0.0555 e. The van der Waals surface area contributed by atoms with E-state index in [4.69, 9.17) is 0 Å². The molecular formula is C11H20NO2-. The fraction of sp³-hybridized carbons (Fsp3) is 0.909. The number of hydrogen-bond donors (Lipinski definition) is 0. The van der Waals surface area contributed by atoms with Gasteiger partial charge in [0, 0.05) is 12.6 Å². The van der Waals surface area contributed by atoms with E-state index in [1.807, 2.05) is 11.8 Å². The third-order valence-electron chi connectivity index (χ3n) is 3.08. The normalized spacial score (nSPS) is 19.6. The molecule has 1 aliphatic rings. The molecule has 0 aromatic carbocycles. The Morgan fingerprint density at radius 3 is 2.29 bits per heavy atom. The van der Waals surface area contributed by atoms with Crippen molar-refractivity contribution in [1.82, 2.24) is 4.90 Å². The molecule has 0 aliphatic heterocycles. The van der Waals surface area contributed by atoms with E-state index in [1.54, 1.807) is 0 Å². The summed E-state index contributed by atoms with van der Waals surface area (Å²) < 4.78 is 0. The number of carboxylic acid groups (broad SMARTS) is 1. The van der Waals surface area contributed by atoms with Crippen LogP contribution in [0.25, 0.3) is 0 Å². The van der Waals surface area contributed by atoms with Crippen molar-refractivity contribution in [3.8, 4) is 0 Å². The fourth-order valence-corrected chi connectivity index (χ4v) is 2.29. The molecule has 0 atom stereocenters. The van der Waals surface area contributed by atoms with Crippen LogP contribution >= 0.6 is 0 Å². The third-order valence-corrected chi connectivity index (χ3v) is 3.08. The molecule has 0 unspecified atom stereocenters. The highest BCUT2D eigenvalue weighted by Crippen LogP contribution is 2.21. The molecule has 0 spiro atoms. The maximum absolute atomic E-state index is 10.5. The van der Waals surface area contributed by atoms with E-state index in [9.17, 15) is 9.90 Å². The molecule has 0 bridgehead atoms. The maximum Gasteiger partial charge on any atom is 0.0555 e. The van der Waals surface area contributed by atoms with E-state index < -0.39 is 5.97 Å². The molecule has 0 aromatic heterocycles. The second kappa shape index (κ2) is 6.02. The first-order valence-electron chi connectivity index (χ1n) is 5.68. The van der Waals surface area contributed by atoms with Gasteiger partial charge in [-0.2, -0.15) is 0 Å². The third kappa shape index (κ3) is 3.66. The second-order valence-electron chi connectivity index (χ2n) is 4.08. The van der Waals surface area contributed by atoms with Crippen LogP contribution in [0.5, 0.6) is 0 Å². The van der Waals surface area contributed by atoms with Gasteiger partial charge in [-0.25, -0.2) is 0 Å². The van der Waals surface area contributed by atoms with Gasteiger partial charge in [0.05, 0.1) is 5.97 Å². The Morgan fingerprint density at radius 2 is 1.86 bits per heavy atom. The molecule has 3 heteroatoms. The summed E-state index contributed by atoms with van der Waals surface area (Å²) >= 11 is 0. The summed E-state index contributed by atoms with van der Waals surface area (Å²) in [5.74, 6) is -0.948. The van der Waals surface area contributed by atoms with Crippen LogP contribution in [0.1, 0.15) is 45.4 Å². The number of carbonyl (C=O) groups is 1. The molecule has 0 N–H and O–H groups in total. The van der Waals surface area contributed by atoms with Gasteiger partial charge >= 0.3 is 0 Å². The molecule has 82 valence electrons. The topological polar surface area (TPSA) is 43.4 Å². The Balaban J connectivity index is 2.44. The predicted octanol–water partition coefficient (Wildman–Crippen LogP) is 0.781. The summed E-state index contributed by atoms with van der Waals surface area (Å²) in [4.78, 5) is 12.6. The summed E-state index contributed by atoms with van der Waals surface area (Å²) in [6.07, 6.45) is 7.41. The first kappa shape index (κ1) is 11.5. The van der Waals surface area contributed by atoms with Crippen LogP contribution in [0, 0.1) is 0 Å². The Labute approximate surface area is 86.1 Å². The highest BCUT2D eigenvalue weighted by Gasteiger charge is 2.18. The first-order chi connectivity index (χ1) is 6.74. The van der Waals surface area contributed by atoms with Gasteiger partial charge in [0.2, 0.25) is 0 Å². The maximum atomic E-state index is 10.5. The van der Waals surface area contributed by atoms with Crippen molar-refractivity contribution in [3.05, 3.63) is 0 Å². The molecule has 0 radical (unpaired) electrons. The average Bonchev–Trinajstić information content (AvgIpc) is 2.41. The van der Waals surface area contributed by atoms with E-state index in [0.717, 1.165) is 19.4 Å². The SMILES string of the molecule is CCN(CC(=O)[O-])C1CCCCCC1. The van der Waals surface area contributed by atoms with Crippen molar-refractivity contribution >= 4 is 5.97 Å². The molecule has 0 saturated heterocycles. The Hall–Kier alpha value is -0.570. The molecule has 1 aliphatic carbocycles. The van der Waals surface area contributed by atoms with Gasteiger partial charge in [0.15, 0.2) is 0 Å².